The maximum absolute atomic E-state index is 6.08. The number of rotatable bonds is 2. The Morgan fingerprint density at radius 1 is 1.18 bits per heavy atom. The number of anilines is 1. The summed E-state index contributed by atoms with van der Waals surface area (Å²) in [4.78, 5) is 8.62. The highest BCUT2D eigenvalue weighted by Crippen LogP contribution is 2.28. The first-order valence-electron chi connectivity index (χ1n) is 6.35. The molecule has 1 aliphatic carbocycles. The van der Waals surface area contributed by atoms with Crippen LogP contribution in [0.2, 0.25) is 5.15 Å². The third-order valence-electron chi connectivity index (χ3n) is 3.63. The van der Waals surface area contributed by atoms with Gasteiger partial charge in [-0.1, -0.05) is 31.4 Å². The normalized spacial score (nSPS) is 24.7. The largest absolute Gasteiger partial charge is 0.367 e. The predicted octanol–water partition coefficient (Wildman–Crippen LogP) is 3.74. The minimum atomic E-state index is 0.521. The molecule has 2 rings (SSSR count). The van der Waals surface area contributed by atoms with Gasteiger partial charge < -0.3 is 5.32 Å². The summed E-state index contributed by atoms with van der Waals surface area (Å²) in [6.07, 6.45) is 5.18. The molecule has 2 atom stereocenters. The van der Waals surface area contributed by atoms with Crippen LogP contribution in [-0.4, -0.2) is 16.0 Å². The number of nitrogens with one attached hydrogen (secondary N) is 1. The molecule has 3 nitrogen and oxygen atoms in total. The van der Waals surface area contributed by atoms with Crippen LogP contribution in [0.5, 0.6) is 0 Å². The van der Waals surface area contributed by atoms with E-state index in [9.17, 15) is 0 Å². The van der Waals surface area contributed by atoms with Crippen molar-refractivity contribution in [3.63, 3.8) is 0 Å². The van der Waals surface area contributed by atoms with Crippen LogP contribution in [0.3, 0.4) is 0 Å². The first-order valence-corrected chi connectivity index (χ1v) is 6.73. The van der Waals surface area contributed by atoms with E-state index in [1.807, 2.05) is 13.8 Å². The third kappa shape index (κ3) is 2.89. The second kappa shape index (κ2) is 5.21. The van der Waals surface area contributed by atoms with E-state index in [1.165, 1.54) is 25.7 Å². The van der Waals surface area contributed by atoms with Crippen molar-refractivity contribution in [3.05, 3.63) is 16.5 Å². The van der Waals surface area contributed by atoms with Crippen molar-refractivity contribution in [2.45, 2.75) is 52.5 Å². The predicted molar refractivity (Wildman–Crippen MR) is 71.6 cm³/mol. The summed E-state index contributed by atoms with van der Waals surface area (Å²) in [6, 6.07) is 0.521. The summed E-state index contributed by atoms with van der Waals surface area (Å²) in [7, 11) is 0. The first kappa shape index (κ1) is 12.6. The number of hydrogen-bond donors (Lipinski definition) is 1. The fourth-order valence-electron chi connectivity index (χ4n) is 2.44. The number of aryl methyl sites for hydroxylation is 1. The molecule has 0 spiro atoms. The lowest BCUT2D eigenvalue weighted by atomic mass is 9.86. The maximum atomic E-state index is 6.08. The van der Waals surface area contributed by atoms with Crippen LogP contribution in [0.1, 0.15) is 44.0 Å². The lowest BCUT2D eigenvalue weighted by molar-refractivity contribution is 0.349. The molecule has 1 aromatic heterocycles. The molecular formula is C13H20ClN3. The number of nitrogens with zero attached hydrogens (tertiary/aromatic N) is 2. The third-order valence-corrected chi connectivity index (χ3v) is 4.00. The van der Waals surface area contributed by atoms with Crippen molar-refractivity contribution < 1.29 is 0 Å². The molecule has 4 heteroatoms. The monoisotopic (exact) mass is 253 g/mol. The topological polar surface area (TPSA) is 37.8 Å². The van der Waals surface area contributed by atoms with Gasteiger partial charge in [-0.3, -0.25) is 0 Å². The Morgan fingerprint density at radius 3 is 2.59 bits per heavy atom. The van der Waals surface area contributed by atoms with E-state index in [0.717, 1.165) is 17.2 Å². The molecule has 0 aromatic carbocycles. The summed E-state index contributed by atoms with van der Waals surface area (Å²) in [5.41, 5.74) is 0.954. The second-order valence-corrected chi connectivity index (χ2v) is 5.41. The zero-order chi connectivity index (χ0) is 12.4. The Morgan fingerprint density at radius 2 is 1.88 bits per heavy atom. The minimum Gasteiger partial charge on any atom is -0.367 e. The fraction of sp³-hybridized carbons (Fsp3) is 0.692. The molecule has 1 aliphatic rings. The van der Waals surface area contributed by atoms with Gasteiger partial charge in [0.05, 0.1) is 0 Å². The van der Waals surface area contributed by atoms with Crippen LogP contribution >= 0.6 is 11.6 Å². The van der Waals surface area contributed by atoms with Gasteiger partial charge >= 0.3 is 0 Å². The SMILES string of the molecule is Cc1nc(Cl)c(C)c(NC2CCCCC2C)n1. The van der Waals surface area contributed by atoms with Gasteiger partial charge in [0.1, 0.15) is 16.8 Å². The molecule has 17 heavy (non-hydrogen) atoms. The van der Waals surface area contributed by atoms with Crippen LogP contribution in [0.15, 0.2) is 0 Å². The van der Waals surface area contributed by atoms with Crippen LogP contribution in [0.4, 0.5) is 5.82 Å². The number of halogens is 1. The van der Waals surface area contributed by atoms with Gasteiger partial charge in [-0.15, -0.1) is 0 Å². The molecule has 0 bridgehead atoms. The van der Waals surface area contributed by atoms with Crippen molar-refractivity contribution in [1.82, 2.24) is 9.97 Å². The van der Waals surface area contributed by atoms with Gasteiger partial charge in [0.25, 0.3) is 0 Å². The molecule has 0 saturated heterocycles. The van der Waals surface area contributed by atoms with Crippen LogP contribution in [0, 0.1) is 19.8 Å². The molecule has 1 aromatic rings. The summed E-state index contributed by atoms with van der Waals surface area (Å²) >= 11 is 6.08. The smallest absolute Gasteiger partial charge is 0.137 e. The Hall–Kier alpha value is -0.830. The van der Waals surface area contributed by atoms with Gasteiger partial charge in [-0.05, 0) is 32.6 Å². The Labute approximate surface area is 108 Å². The standard InChI is InChI=1S/C13H20ClN3/c1-8-6-4-5-7-11(8)17-13-9(2)12(14)15-10(3)16-13/h8,11H,4-7H2,1-3H3,(H,15,16,17). The fourth-order valence-corrected chi connectivity index (χ4v) is 2.65. The van der Waals surface area contributed by atoms with Crippen molar-refractivity contribution >= 4 is 17.4 Å². The van der Waals surface area contributed by atoms with Crippen LogP contribution in [-0.2, 0) is 0 Å². The zero-order valence-electron chi connectivity index (χ0n) is 10.8. The minimum absolute atomic E-state index is 0.521. The average molecular weight is 254 g/mol. The van der Waals surface area contributed by atoms with E-state index in [0.29, 0.717) is 17.1 Å². The van der Waals surface area contributed by atoms with Crippen molar-refractivity contribution in [2.24, 2.45) is 5.92 Å². The van der Waals surface area contributed by atoms with Crippen LogP contribution < -0.4 is 5.32 Å². The molecule has 2 unspecified atom stereocenters. The zero-order valence-corrected chi connectivity index (χ0v) is 11.5. The molecule has 0 amide bonds. The van der Waals surface area contributed by atoms with Gasteiger partial charge in [-0.2, -0.15) is 0 Å². The van der Waals surface area contributed by atoms with Gasteiger partial charge in [0, 0.05) is 11.6 Å². The van der Waals surface area contributed by atoms with Crippen LogP contribution in [0.25, 0.3) is 0 Å². The Balaban J connectivity index is 2.17. The molecule has 0 aliphatic heterocycles. The quantitative estimate of drug-likeness (QED) is 0.816. The summed E-state index contributed by atoms with van der Waals surface area (Å²) in [5.74, 6) is 2.34. The Kier molecular flexibility index (Phi) is 3.87. The highest BCUT2D eigenvalue weighted by Gasteiger charge is 2.22. The molecule has 1 heterocycles. The van der Waals surface area contributed by atoms with E-state index in [2.05, 4.69) is 22.2 Å². The second-order valence-electron chi connectivity index (χ2n) is 5.05. The van der Waals surface area contributed by atoms with Gasteiger partial charge in [-0.25, -0.2) is 9.97 Å². The maximum Gasteiger partial charge on any atom is 0.137 e. The summed E-state index contributed by atoms with van der Waals surface area (Å²) in [6.45, 7) is 6.15. The average Bonchev–Trinajstić information content (AvgIpc) is 2.28. The van der Waals surface area contributed by atoms with E-state index >= 15 is 0 Å². The van der Waals surface area contributed by atoms with Gasteiger partial charge in [0.2, 0.25) is 0 Å². The molecule has 0 radical (unpaired) electrons. The lowest BCUT2D eigenvalue weighted by Crippen LogP contribution is -2.31. The van der Waals surface area contributed by atoms with E-state index in [4.69, 9.17) is 11.6 Å². The first-order chi connectivity index (χ1) is 8.08. The summed E-state index contributed by atoms with van der Waals surface area (Å²) < 4.78 is 0. The summed E-state index contributed by atoms with van der Waals surface area (Å²) in [5, 5.41) is 4.10. The molecule has 1 saturated carbocycles. The van der Waals surface area contributed by atoms with E-state index < -0.39 is 0 Å². The number of aromatic nitrogens is 2. The lowest BCUT2D eigenvalue weighted by Gasteiger charge is -2.30. The molecular weight excluding hydrogens is 234 g/mol. The highest BCUT2D eigenvalue weighted by molar-refractivity contribution is 6.30. The molecule has 1 fully saturated rings. The Bertz CT molecular complexity index is 406. The number of hydrogen-bond acceptors (Lipinski definition) is 3. The van der Waals surface area contributed by atoms with Gasteiger partial charge in [0.15, 0.2) is 0 Å². The van der Waals surface area contributed by atoms with Crippen molar-refractivity contribution in [2.75, 3.05) is 5.32 Å². The highest BCUT2D eigenvalue weighted by atomic mass is 35.5. The van der Waals surface area contributed by atoms with Crippen molar-refractivity contribution in [3.8, 4) is 0 Å². The molecule has 1 N–H and O–H groups in total. The van der Waals surface area contributed by atoms with Crippen molar-refractivity contribution in [1.29, 1.82) is 0 Å². The van der Waals surface area contributed by atoms with E-state index in [-0.39, 0.29) is 0 Å². The van der Waals surface area contributed by atoms with E-state index in [1.54, 1.807) is 0 Å². The molecule has 94 valence electrons.